The van der Waals surface area contributed by atoms with Crippen molar-refractivity contribution in [1.82, 2.24) is 0 Å². The first-order valence-electron chi connectivity index (χ1n) is 11.3. The van der Waals surface area contributed by atoms with Crippen LogP contribution in [0.2, 0.25) is 0 Å². The second-order valence-electron chi connectivity index (χ2n) is 10.7. The van der Waals surface area contributed by atoms with Crippen molar-refractivity contribution in [2.75, 3.05) is 13.2 Å². The Morgan fingerprint density at radius 3 is 2.59 bits per heavy atom. The van der Waals surface area contributed by atoms with Gasteiger partial charge >= 0.3 is 0 Å². The van der Waals surface area contributed by atoms with Crippen molar-refractivity contribution in [2.24, 2.45) is 29.1 Å². The highest BCUT2D eigenvalue weighted by Gasteiger charge is 2.72. The van der Waals surface area contributed by atoms with Crippen molar-refractivity contribution in [3.63, 3.8) is 0 Å². The standard InChI is InChI=1S/C24H34O3/c1-15-14-22-9-10-23(27-22)18(13-19(22)17(3)16(15)2)5-7-21(4)20(23)6-8-24(21)25-11-12-26-24/h5,13,15-17,20H,6-12,14H2,1-4H3/t15-,16+,17-,20+,21-,22+,23?/m0/s1. The van der Waals surface area contributed by atoms with Crippen LogP contribution in [0.3, 0.4) is 0 Å². The molecule has 4 fully saturated rings. The molecule has 0 radical (unpaired) electrons. The lowest BCUT2D eigenvalue weighted by molar-refractivity contribution is -0.244. The van der Waals surface area contributed by atoms with E-state index in [1.54, 1.807) is 5.57 Å². The van der Waals surface area contributed by atoms with E-state index < -0.39 is 0 Å². The molecule has 3 aliphatic heterocycles. The molecule has 3 spiro atoms. The van der Waals surface area contributed by atoms with Crippen molar-refractivity contribution in [3.05, 3.63) is 23.3 Å². The molecule has 1 unspecified atom stereocenters. The Balaban J connectivity index is 1.48. The molecule has 0 aromatic heterocycles. The molecule has 0 aromatic carbocycles. The zero-order valence-corrected chi connectivity index (χ0v) is 17.3. The van der Waals surface area contributed by atoms with E-state index in [4.69, 9.17) is 14.2 Å². The van der Waals surface area contributed by atoms with Crippen LogP contribution in [0.15, 0.2) is 23.3 Å². The third-order valence-corrected chi connectivity index (χ3v) is 9.90. The summed E-state index contributed by atoms with van der Waals surface area (Å²) in [6.07, 6.45) is 11.9. The first-order chi connectivity index (χ1) is 12.9. The van der Waals surface area contributed by atoms with Gasteiger partial charge in [0.25, 0.3) is 0 Å². The van der Waals surface area contributed by atoms with Gasteiger partial charge in [0.2, 0.25) is 0 Å². The number of rotatable bonds is 0. The van der Waals surface area contributed by atoms with Gasteiger partial charge in [-0.1, -0.05) is 39.8 Å². The summed E-state index contributed by atoms with van der Waals surface area (Å²) in [5.74, 6) is 2.21. The molecule has 6 aliphatic rings. The number of hydrogen-bond donors (Lipinski definition) is 0. The first kappa shape index (κ1) is 17.2. The summed E-state index contributed by atoms with van der Waals surface area (Å²) in [5, 5.41) is 0. The summed E-state index contributed by atoms with van der Waals surface area (Å²) in [4.78, 5) is 0. The van der Waals surface area contributed by atoms with Gasteiger partial charge < -0.3 is 14.2 Å². The summed E-state index contributed by atoms with van der Waals surface area (Å²) in [6.45, 7) is 11.2. The van der Waals surface area contributed by atoms with Crippen LogP contribution < -0.4 is 0 Å². The molecule has 27 heavy (non-hydrogen) atoms. The van der Waals surface area contributed by atoms with E-state index in [1.165, 1.54) is 24.8 Å². The maximum atomic E-state index is 7.30. The van der Waals surface area contributed by atoms with Crippen LogP contribution in [0.25, 0.3) is 0 Å². The van der Waals surface area contributed by atoms with E-state index >= 15 is 0 Å². The van der Waals surface area contributed by atoms with Gasteiger partial charge in [-0.15, -0.1) is 0 Å². The van der Waals surface area contributed by atoms with E-state index in [9.17, 15) is 0 Å². The molecule has 3 heterocycles. The van der Waals surface area contributed by atoms with Crippen molar-refractivity contribution in [2.45, 2.75) is 83.2 Å². The zero-order chi connectivity index (χ0) is 18.7. The van der Waals surface area contributed by atoms with Gasteiger partial charge in [0.05, 0.1) is 24.4 Å². The van der Waals surface area contributed by atoms with Crippen LogP contribution in [0, 0.1) is 29.1 Å². The molecule has 3 nitrogen and oxygen atoms in total. The Labute approximate surface area is 163 Å². The largest absolute Gasteiger partial charge is 0.359 e. The van der Waals surface area contributed by atoms with Gasteiger partial charge in [0.1, 0.15) is 0 Å². The molecule has 0 N–H and O–H groups in total. The number of ether oxygens (including phenoxy) is 3. The van der Waals surface area contributed by atoms with Crippen LogP contribution in [-0.4, -0.2) is 30.2 Å². The van der Waals surface area contributed by atoms with E-state index in [0.29, 0.717) is 11.8 Å². The first-order valence-corrected chi connectivity index (χ1v) is 11.3. The molecule has 0 aromatic rings. The van der Waals surface area contributed by atoms with Crippen molar-refractivity contribution >= 4 is 0 Å². The van der Waals surface area contributed by atoms with Gasteiger partial charge in [-0.3, -0.25) is 0 Å². The van der Waals surface area contributed by atoms with Gasteiger partial charge in [-0.2, -0.15) is 0 Å². The monoisotopic (exact) mass is 370 g/mol. The number of fused-ring (bicyclic) bond motifs is 2. The smallest absolute Gasteiger partial charge is 0.174 e. The SMILES string of the molecule is C[C@H]1[C@H](C)C2=CC3=CC[C@@]4(C)[C@@H](CCC45OCCO5)C34CC[C@]2(C[C@@H]1C)O4. The molecule has 3 heteroatoms. The molecule has 2 saturated heterocycles. The van der Waals surface area contributed by atoms with E-state index in [0.717, 1.165) is 44.3 Å². The lowest BCUT2D eigenvalue weighted by atomic mass is 9.59. The summed E-state index contributed by atoms with van der Waals surface area (Å²) >= 11 is 0. The molecular weight excluding hydrogens is 336 g/mol. The summed E-state index contributed by atoms with van der Waals surface area (Å²) in [6, 6.07) is 0. The predicted molar refractivity (Wildman–Crippen MR) is 104 cm³/mol. The highest BCUT2D eigenvalue weighted by atomic mass is 16.7. The minimum absolute atomic E-state index is 0.00588. The van der Waals surface area contributed by atoms with E-state index in [2.05, 4.69) is 39.8 Å². The van der Waals surface area contributed by atoms with Crippen LogP contribution in [0.1, 0.15) is 66.2 Å². The maximum Gasteiger partial charge on any atom is 0.174 e. The Bertz CT molecular complexity index is 747. The van der Waals surface area contributed by atoms with Crippen LogP contribution >= 0.6 is 0 Å². The average molecular weight is 371 g/mol. The fraction of sp³-hybridized carbons (Fsp3) is 0.833. The summed E-state index contributed by atoms with van der Waals surface area (Å²) in [7, 11) is 0. The lowest BCUT2D eigenvalue weighted by Crippen LogP contribution is -2.58. The Morgan fingerprint density at radius 1 is 1.04 bits per heavy atom. The van der Waals surface area contributed by atoms with Crippen molar-refractivity contribution < 1.29 is 14.2 Å². The fourth-order valence-electron chi connectivity index (χ4n) is 8.13. The fourth-order valence-corrected chi connectivity index (χ4v) is 8.13. The number of hydrogen-bond acceptors (Lipinski definition) is 3. The Morgan fingerprint density at radius 2 is 1.81 bits per heavy atom. The normalized spacial score (nSPS) is 55.0. The third-order valence-electron chi connectivity index (χ3n) is 9.90. The van der Waals surface area contributed by atoms with Crippen molar-refractivity contribution in [1.29, 1.82) is 0 Å². The van der Waals surface area contributed by atoms with Gasteiger partial charge in [0, 0.05) is 17.8 Å². The molecule has 6 rings (SSSR count). The molecule has 7 atom stereocenters. The molecule has 2 bridgehead atoms. The second-order valence-corrected chi connectivity index (χ2v) is 10.7. The number of allylic oxidation sites excluding steroid dienone is 1. The average Bonchev–Trinajstić information content (AvgIpc) is 3.32. The minimum Gasteiger partial charge on any atom is -0.359 e. The summed E-state index contributed by atoms with van der Waals surface area (Å²) < 4.78 is 19.9. The lowest BCUT2D eigenvalue weighted by Gasteiger charge is -2.56. The summed E-state index contributed by atoms with van der Waals surface area (Å²) in [5.41, 5.74) is 3.00. The van der Waals surface area contributed by atoms with Crippen LogP contribution in [0.4, 0.5) is 0 Å². The zero-order valence-electron chi connectivity index (χ0n) is 17.3. The maximum absolute atomic E-state index is 7.30. The van der Waals surface area contributed by atoms with E-state index in [1.807, 2.05) is 0 Å². The molecule has 2 saturated carbocycles. The predicted octanol–water partition coefficient (Wildman–Crippen LogP) is 5.02. The van der Waals surface area contributed by atoms with Gasteiger partial charge in [-0.05, 0) is 61.0 Å². The minimum atomic E-state index is -0.376. The van der Waals surface area contributed by atoms with Crippen molar-refractivity contribution in [3.8, 4) is 0 Å². The molecule has 0 amide bonds. The topological polar surface area (TPSA) is 27.7 Å². The van der Waals surface area contributed by atoms with Gasteiger partial charge in [0.15, 0.2) is 5.79 Å². The van der Waals surface area contributed by atoms with Crippen LogP contribution in [0.5, 0.6) is 0 Å². The highest BCUT2D eigenvalue weighted by Crippen LogP contribution is 2.70. The molecular formula is C24H34O3. The quantitative estimate of drug-likeness (QED) is 0.599. The second kappa shape index (κ2) is 5.09. The Kier molecular flexibility index (Phi) is 3.25. The highest BCUT2D eigenvalue weighted by molar-refractivity contribution is 5.48. The third kappa shape index (κ3) is 1.81. The Hall–Kier alpha value is -0.640. The van der Waals surface area contributed by atoms with E-state index in [-0.39, 0.29) is 22.4 Å². The molecule has 148 valence electrons. The van der Waals surface area contributed by atoms with Crippen LogP contribution in [-0.2, 0) is 14.2 Å². The molecule has 3 aliphatic carbocycles. The van der Waals surface area contributed by atoms with Gasteiger partial charge in [-0.25, -0.2) is 0 Å².